The molecule has 6 heteroatoms. The maximum atomic E-state index is 13.0. The van der Waals surface area contributed by atoms with Gasteiger partial charge in [-0.05, 0) is 25.0 Å². The lowest BCUT2D eigenvalue weighted by molar-refractivity contribution is 0.281. The van der Waals surface area contributed by atoms with Crippen LogP contribution in [0.5, 0.6) is 0 Å². The van der Waals surface area contributed by atoms with Crippen LogP contribution in [-0.4, -0.2) is 21.9 Å². The minimum absolute atomic E-state index is 0.107. The van der Waals surface area contributed by atoms with Gasteiger partial charge in [0.1, 0.15) is 11.6 Å². The number of unbranched alkanes of at least 4 members (excludes halogenated alkanes) is 1. The first-order valence-electron chi connectivity index (χ1n) is 5.59. The second-order valence-corrected chi connectivity index (χ2v) is 3.85. The highest BCUT2D eigenvalue weighted by molar-refractivity contribution is 5.54. The number of aryl methyl sites for hydroxylation is 1. The zero-order valence-electron chi connectivity index (χ0n) is 9.57. The number of rotatable bonds is 5. The summed E-state index contributed by atoms with van der Waals surface area (Å²) in [5.41, 5.74) is 0.240. The molecule has 2 aromatic rings. The maximum absolute atomic E-state index is 13.0. The van der Waals surface area contributed by atoms with Gasteiger partial charge in [-0.2, -0.15) is 4.98 Å². The maximum Gasteiger partial charge on any atom is 0.226 e. The van der Waals surface area contributed by atoms with Crippen LogP contribution in [0.4, 0.5) is 8.78 Å². The van der Waals surface area contributed by atoms with Gasteiger partial charge in [-0.1, -0.05) is 5.16 Å². The molecule has 1 aromatic heterocycles. The molecule has 0 spiro atoms. The van der Waals surface area contributed by atoms with Crippen LogP contribution in [0, 0.1) is 11.6 Å². The molecule has 0 aliphatic carbocycles. The highest BCUT2D eigenvalue weighted by Gasteiger charge is 2.10. The highest BCUT2D eigenvalue weighted by Crippen LogP contribution is 2.19. The van der Waals surface area contributed by atoms with E-state index in [0.717, 1.165) is 24.6 Å². The Bertz CT molecular complexity index is 508. The fourth-order valence-electron chi connectivity index (χ4n) is 1.54. The summed E-state index contributed by atoms with van der Waals surface area (Å²) in [6.07, 6.45) is 1.90. The van der Waals surface area contributed by atoms with E-state index in [1.54, 1.807) is 0 Å². The van der Waals surface area contributed by atoms with Gasteiger partial charge in [0.15, 0.2) is 0 Å². The van der Waals surface area contributed by atoms with Crippen molar-refractivity contribution in [3.8, 4) is 11.4 Å². The normalized spacial score (nSPS) is 10.8. The largest absolute Gasteiger partial charge is 0.396 e. The van der Waals surface area contributed by atoms with Crippen molar-refractivity contribution in [1.82, 2.24) is 10.1 Å². The third-order valence-corrected chi connectivity index (χ3v) is 2.39. The lowest BCUT2D eigenvalue weighted by atomic mass is 10.2. The van der Waals surface area contributed by atoms with Crippen molar-refractivity contribution in [2.45, 2.75) is 19.3 Å². The van der Waals surface area contributed by atoms with E-state index >= 15 is 0 Å². The fraction of sp³-hybridized carbons (Fsp3) is 0.333. The molecule has 0 unspecified atom stereocenters. The number of benzene rings is 1. The van der Waals surface area contributed by atoms with E-state index in [2.05, 4.69) is 10.1 Å². The SMILES string of the molecule is OCCCCc1nc(-c2cc(F)cc(F)c2)no1. The molecule has 4 nitrogen and oxygen atoms in total. The number of aromatic nitrogens is 2. The molecule has 2 rings (SSSR count). The van der Waals surface area contributed by atoms with Crippen molar-refractivity contribution in [2.24, 2.45) is 0 Å². The molecule has 1 N–H and O–H groups in total. The van der Waals surface area contributed by atoms with E-state index in [-0.39, 0.29) is 18.0 Å². The molecule has 1 heterocycles. The monoisotopic (exact) mass is 254 g/mol. The van der Waals surface area contributed by atoms with Crippen molar-refractivity contribution in [3.63, 3.8) is 0 Å². The quantitative estimate of drug-likeness (QED) is 0.832. The smallest absolute Gasteiger partial charge is 0.226 e. The Hall–Kier alpha value is -1.82. The minimum atomic E-state index is -0.684. The Kier molecular flexibility index (Phi) is 3.99. The molecule has 0 bridgehead atoms. The molecule has 0 saturated carbocycles. The van der Waals surface area contributed by atoms with Crippen molar-refractivity contribution >= 4 is 0 Å². The third kappa shape index (κ3) is 3.10. The van der Waals surface area contributed by atoms with E-state index in [4.69, 9.17) is 9.63 Å². The number of aliphatic hydroxyl groups excluding tert-OH is 1. The van der Waals surface area contributed by atoms with Gasteiger partial charge < -0.3 is 9.63 Å². The first kappa shape index (κ1) is 12.6. The Morgan fingerprint density at radius 2 is 1.83 bits per heavy atom. The standard InChI is InChI=1S/C12H12F2N2O2/c13-9-5-8(6-10(14)7-9)12-15-11(18-16-12)3-1-2-4-17/h5-7,17H,1-4H2. The zero-order chi connectivity index (χ0) is 13.0. The Labute approximate surface area is 102 Å². The molecule has 0 atom stereocenters. The molecular formula is C12H12F2N2O2. The van der Waals surface area contributed by atoms with Crippen molar-refractivity contribution in [3.05, 3.63) is 35.7 Å². The van der Waals surface area contributed by atoms with Crippen LogP contribution >= 0.6 is 0 Å². The third-order valence-electron chi connectivity index (χ3n) is 2.39. The molecule has 96 valence electrons. The van der Waals surface area contributed by atoms with Crippen molar-refractivity contribution < 1.29 is 18.4 Å². The summed E-state index contributed by atoms with van der Waals surface area (Å²) in [5, 5.41) is 12.3. The van der Waals surface area contributed by atoms with E-state index in [0.29, 0.717) is 18.7 Å². The van der Waals surface area contributed by atoms with E-state index in [1.165, 1.54) is 0 Å². The van der Waals surface area contributed by atoms with Crippen LogP contribution in [-0.2, 0) is 6.42 Å². The summed E-state index contributed by atoms with van der Waals surface area (Å²) >= 11 is 0. The molecular weight excluding hydrogens is 242 g/mol. The number of nitrogens with zero attached hydrogens (tertiary/aromatic N) is 2. The second-order valence-electron chi connectivity index (χ2n) is 3.85. The summed E-state index contributed by atoms with van der Waals surface area (Å²) in [4.78, 5) is 4.04. The van der Waals surface area contributed by atoms with Gasteiger partial charge in [-0.15, -0.1) is 0 Å². The predicted molar refractivity (Wildman–Crippen MR) is 59.7 cm³/mol. The van der Waals surface area contributed by atoms with Gasteiger partial charge in [-0.25, -0.2) is 8.78 Å². The number of hydrogen-bond donors (Lipinski definition) is 1. The summed E-state index contributed by atoms with van der Waals surface area (Å²) < 4.78 is 31.0. The van der Waals surface area contributed by atoms with Crippen LogP contribution in [0.2, 0.25) is 0 Å². The zero-order valence-corrected chi connectivity index (χ0v) is 9.57. The van der Waals surface area contributed by atoms with Gasteiger partial charge in [0.05, 0.1) is 0 Å². The van der Waals surface area contributed by atoms with E-state index in [9.17, 15) is 8.78 Å². The topological polar surface area (TPSA) is 59.2 Å². The number of hydrogen-bond acceptors (Lipinski definition) is 4. The van der Waals surface area contributed by atoms with Gasteiger partial charge in [0.25, 0.3) is 0 Å². The molecule has 0 saturated heterocycles. The molecule has 1 aromatic carbocycles. The lowest BCUT2D eigenvalue weighted by Crippen LogP contribution is -1.89. The predicted octanol–water partition coefficient (Wildman–Crippen LogP) is 2.33. The van der Waals surface area contributed by atoms with Crippen LogP contribution in [0.25, 0.3) is 11.4 Å². The fourth-order valence-corrected chi connectivity index (χ4v) is 1.54. The van der Waals surface area contributed by atoms with Crippen LogP contribution in [0.15, 0.2) is 22.7 Å². The van der Waals surface area contributed by atoms with E-state index in [1.807, 2.05) is 0 Å². The summed E-state index contributed by atoms with van der Waals surface area (Å²) in [6, 6.07) is 3.07. The highest BCUT2D eigenvalue weighted by atomic mass is 19.1. The van der Waals surface area contributed by atoms with Gasteiger partial charge in [0, 0.05) is 24.7 Å². The Morgan fingerprint density at radius 3 is 2.50 bits per heavy atom. The van der Waals surface area contributed by atoms with Gasteiger partial charge >= 0.3 is 0 Å². The molecule has 0 fully saturated rings. The van der Waals surface area contributed by atoms with Crippen LogP contribution in [0.1, 0.15) is 18.7 Å². The average molecular weight is 254 g/mol. The van der Waals surface area contributed by atoms with Crippen molar-refractivity contribution in [2.75, 3.05) is 6.61 Å². The molecule has 0 aliphatic rings. The average Bonchev–Trinajstić information content (AvgIpc) is 2.77. The molecule has 0 amide bonds. The molecule has 0 aliphatic heterocycles. The van der Waals surface area contributed by atoms with Crippen molar-refractivity contribution in [1.29, 1.82) is 0 Å². The Morgan fingerprint density at radius 1 is 1.11 bits per heavy atom. The number of halogens is 2. The Balaban J connectivity index is 2.13. The summed E-state index contributed by atoms with van der Waals surface area (Å²) in [6.45, 7) is 0.107. The van der Waals surface area contributed by atoms with E-state index < -0.39 is 11.6 Å². The van der Waals surface area contributed by atoms with Gasteiger partial charge in [-0.3, -0.25) is 0 Å². The molecule has 18 heavy (non-hydrogen) atoms. The van der Waals surface area contributed by atoms with Gasteiger partial charge in [0.2, 0.25) is 11.7 Å². The summed E-state index contributed by atoms with van der Waals surface area (Å²) in [7, 11) is 0. The summed E-state index contributed by atoms with van der Waals surface area (Å²) in [5.74, 6) is -0.816. The molecule has 0 radical (unpaired) electrons. The lowest BCUT2D eigenvalue weighted by Gasteiger charge is -1.95. The second kappa shape index (κ2) is 5.68. The first-order valence-corrected chi connectivity index (χ1v) is 5.59. The van der Waals surface area contributed by atoms with Crippen LogP contribution < -0.4 is 0 Å². The first-order chi connectivity index (χ1) is 8.69. The minimum Gasteiger partial charge on any atom is -0.396 e. The van der Waals surface area contributed by atoms with Crippen LogP contribution in [0.3, 0.4) is 0 Å². The number of aliphatic hydroxyl groups is 1.